The maximum Gasteiger partial charge on any atom is 0.339 e. The molecule has 0 aliphatic carbocycles. The second-order valence-electron chi connectivity index (χ2n) is 6.16. The molecule has 0 amide bonds. The Labute approximate surface area is 146 Å². The van der Waals surface area contributed by atoms with Crippen LogP contribution in [0.1, 0.15) is 42.9 Å². The molecular weight excluding hydrogens is 318 g/mol. The molecule has 1 atom stereocenters. The Bertz CT molecular complexity index is 835. The zero-order valence-electron chi connectivity index (χ0n) is 14.2. The van der Waals surface area contributed by atoms with Crippen LogP contribution in [-0.4, -0.2) is 17.5 Å². The molecule has 0 saturated heterocycles. The second kappa shape index (κ2) is 6.89. The summed E-state index contributed by atoms with van der Waals surface area (Å²) in [5, 5.41) is 10.8. The molecule has 0 aromatic heterocycles. The molecule has 1 aliphatic rings. The summed E-state index contributed by atoms with van der Waals surface area (Å²) in [5.74, 6) is 0.0912. The van der Waals surface area contributed by atoms with Crippen LogP contribution in [0.4, 0.5) is 5.69 Å². The summed E-state index contributed by atoms with van der Waals surface area (Å²) >= 11 is 0. The number of benzene rings is 2. The molecule has 5 heteroatoms. The van der Waals surface area contributed by atoms with Gasteiger partial charge in [-0.2, -0.15) is 0 Å². The average Bonchev–Trinajstić information content (AvgIpc) is 3.02. The van der Waals surface area contributed by atoms with Gasteiger partial charge in [-0.1, -0.05) is 38.1 Å². The number of hydrogen-bond donors (Lipinski definition) is 0. The van der Waals surface area contributed by atoms with E-state index in [1.165, 1.54) is 17.7 Å². The lowest BCUT2D eigenvalue weighted by Crippen LogP contribution is -1.99. The first-order chi connectivity index (χ1) is 12.0. The summed E-state index contributed by atoms with van der Waals surface area (Å²) in [6.45, 7) is 4.55. The molecule has 1 aliphatic heterocycles. The first kappa shape index (κ1) is 16.9. The van der Waals surface area contributed by atoms with E-state index in [4.69, 9.17) is 4.74 Å². The summed E-state index contributed by atoms with van der Waals surface area (Å²) in [6, 6.07) is 14.1. The topological polar surface area (TPSA) is 69.4 Å². The lowest BCUT2D eigenvalue weighted by Gasteiger charge is -2.10. The SMILES string of the molecule is CC[C@H](C)c1ccc(C2=C(c3ccc([N+](=O)[O-])cc3)C(=O)OC2)cc1. The highest BCUT2D eigenvalue weighted by atomic mass is 16.6. The molecule has 5 nitrogen and oxygen atoms in total. The maximum absolute atomic E-state index is 12.2. The minimum Gasteiger partial charge on any atom is -0.457 e. The summed E-state index contributed by atoms with van der Waals surface area (Å²) in [5.41, 5.74) is 4.12. The van der Waals surface area contributed by atoms with Crippen molar-refractivity contribution < 1.29 is 14.5 Å². The van der Waals surface area contributed by atoms with E-state index < -0.39 is 10.9 Å². The Hall–Kier alpha value is -2.95. The van der Waals surface area contributed by atoms with Crippen LogP contribution in [0.3, 0.4) is 0 Å². The van der Waals surface area contributed by atoms with Gasteiger partial charge < -0.3 is 4.74 Å². The van der Waals surface area contributed by atoms with Crippen molar-refractivity contribution in [2.45, 2.75) is 26.2 Å². The predicted octanol–water partition coefficient (Wildman–Crippen LogP) is 4.58. The zero-order valence-corrected chi connectivity index (χ0v) is 14.2. The molecule has 0 radical (unpaired) electrons. The summed E-state index contributed by atoms with van der Waals surface area (Å²) in [6.07, 6.45) is 1.07. The number of nitro benzene ring substituents is 1. The third kappa shape index (κ3) is 3.31. The fourth-order valence-corrected chi connectivity index (χ4v) is 2.92. The van der Waals surface area contributed by atoms with Crippen molar-refractivity contribution in [3.63, 3.8) is 0 Å². The van der Waals surface area contributed by atoms with Crippen LogP contribution in [-0.2, 0) is 9.53 Å². The van der Waals surface area contributed by atoms with E-state index in [0.717, 1.165) is 17.6 Å². The normalized spacial score (nSPS) is 15.2. The third-order valence-electron chi connectivity index (χ3n) is 4.66. The van der Waals surface area contributed by atoms with Crippen LogP contribution >= 0.6 is 0 Å². The smallest absolute Gasteiger partial charge is 0.339 e. The van der Waals surface area contributed by atoms with Gasteiger partial charge in [0, 0.05) is 17.7 Å². The van der Waals surface area contributed by atoms with Crippen LogP contribution in [0.15, 0.2) is 48.5 Å². The number of carbonyl (C=O) groups is 1. The highest BCUT2D eigenvalue weighted by molar-refractivity contribution is 6.27. The second-order valence-corrected chi connectivity index (χ2v) is 6.16. The van der Waals surface area contributed by atoms with Gasteiger partial charge in [-0.15, -0.1) is 0 Å². The Morgan fingerprint density at radius 2 is 1.68 bits per heavy atom. The molecule has 2 aromatic carbocycles. The molecular formula is C20H19NO4. The van der Waals surface area contributed by atoms with Crippen LogP contribution in [0.2, 0.25) is 0 Å². The van der Waals surface area contributed by atoms with E-state index in [2.05, 4.69) is 26.0 Å². The number of cyclic esters (lactones) is 1. The quantitative estimate of drug-likeness (QED) is 0.455. The van der Waals surface area contributed by atoms with E-state index in [9.17, 15) is 14.9 Å². The van der Waals surface area contributed by atoms with Gasteiger partial charge in [0.2, 0.25) is 0 Å². The first-order valence-corrected chi connectivity index (χ1v) is 8.26. The highest BCUT2D eigenvalue weighted by Gasteiger charge is 2.27. The van der Waals surface area contributed by atoms with Gasteiger partial charge >= 0.3 is 5.97 Å². The molecule has 0 N–H and O–H groups in total. The number of esters is 1. The average molecular weight is 337 g/mol. The van der Waals surface area contributed by atoms with Crippen LogP contribution in [0, 0.1) is 10.1 Å². The van der Waals surface area contributed by atoms with Gasteiger partial charge in [-0.3, -0.25) is 10.1 Å². The lowest BCUT2D eigenvalue weighted by atomic mass is 9.93. The van der Waals surface area contributed by atoms with E-state index in [0.29, 0.717) is 17.1 Å². The number of nitro groups is 1. The van der Waals surface area contributed by atoms with Crippen LogP contribution in [0.25, 0.3) is 11.1 Å². The highest BCUT2D eigenvalue weighted by Crippen LogP contribution is 2.34. The van der Waals surface area contributed by atoms with Crippen molar-refractivity contribution in [1.82, 2.24) is 0 Å². The van der Waals surface area contributed by atoms with Gasteiger partial charge in [0.15, 0.2) is 0 Å². The largest absolute Gasteiger partial charge is 0.457 e. The molecule has 25 heavy (non-hydrogen) atoms. The van der Waals surface area contributed by atoms with E-state index in [-0.39, 0.29) is 12.3 Å². The van der Waals surface area contributed by atoms with Gasteiger partial charge in [-0.05, 0) is 41.2 Å². The van der Waals surface area contributed by atoms with Gasteiger partial charge in [0.1, 0.15) is 6.61 Å². The third-order valence-corrected chi connectivity index (χ3v) is 4.66. The monoisotopic (exact) mass is 337 g/mol. The van der Waals surface area contributed by atoms with Gasteiger partial charge in [0.05, 0.1) is 10.5 Å². The van der Waals surface area contributed by atoms with Crippen molar-refractivity contribution in [3.8, 4) is 0 Å². The number of nitrogens with zero attached hydrogens (tertiary/aromatic N) is 1. The Morgan fingerprint density at radius 1 is 1.08 bits per heavy atom. The number of carbonyl (C=O) groups excluding carboxylic acids is 1. The minimum absolute atomic E-state index is 0.00447. The Morgan fingerprint density at radius 3 is 2.24 bits per heavy atom. The molecule has 128 valence electrons. The Balaban J connectivity index is 2.00. The molecule has 2 aromatic rings. The van der Waals surface area contributed by atoms with Crippen molar-refractivity contribution >= 4 is 22.8 Å². The summed E-state index contributed by atoms with van der Waals surface area (Å²) < 4.78 is 5.22. The van der Waals surface area contributed by atoms with Crippen molar-refractivity contribution in [1.29, 1.82) is 0 Å². The first-order valence-electron chi connectivity index (χ1n) is 8.26. The summed E-state index contributed by atoms with van der Waals surface area (Å²) in [4.78, 5) is 22.5. The standard InChI is InChI=1S/C20H19NO4/c1-3-13(2)14-4-6-15(7-5-14)18-12-25-20(22)19(18)16-8-10-17(11-9-16)21(23)24/h4-11,13H,3,12H2,1-2H3/t13-/m0/s1. The molecule has 1 heterocycles. The minimum atomic E-state index is -0.459. The van der Waals surface area contributed by atoms with E-state index in [1.54, 1.807) is 12.1 Å². The maximum atomic E-state index is 12.2. The predicted molar refractivity (Wildman–Crippen MR) is 96.0 cm³/mol. The molecule has 0 saturated carbocycles. The number of hydrogen-bond acceptors (Lipinski definition) is 4. The van der Waals surface area contributed by atoms with E-state index >= 15 is 0 Å². The van der Waals surface area contributed by atoms with Gasteiger partial charge in [-0.25, -0.2) is 4.79 Å². The molecule has 0 fully saturated rings. The lowest BCUT2D eigenvalue weighted by molar-refractivity contribution is -0.384. The van der Waals surface area contributed by atoms with Crippen LogP contribution < -0.4 is 0 Å². The number of non-ortho nitro benzene ring substituents is 1. The zero-order chi connectivity index (χ0) is 18.0. The Kier molecular flexibility index (Phi) is 4.65. The molecule has 0 unspecified atom stereocenters. The fraction of sp³-hybridized carbons (Fsp3) is 0.250. The molecule has 3 rings (SSSR count). The van der Waals surface area contributed by atoms with Crippen molar-refractivity contribution in [2.24, 2.45) is 0 Å². The molecule has 0 bridgehead atoms. The number of ether oxygens (including phenoxy) is 1. The fourth-order valence-electron chi connectivity index (χ4n) is 2.92. The van der Waals surface area contributed by atoms with Gasteiger partial charge in [0.25, 0.3) is 5.69 Å². The van der Waals surface area contributed by atoms with Crippen molar-refractivity contribution in [3.05, 3.63) is 75.3 Å². The molecule has 0 spiro atoms. The number of rotatable bonds is 5. The summed E-state index contributed by atoms with van der Waals surface area (Å²) in [7, 11) is 0. The van der Waals surface area contributed by atoms with Crippen molar-refractivity contribution in [2.75, 3.05) is 6.61 Å². The van der Waals surface area contributed by atoms with E-state index in [1.807, 2.05) is 12.1 Å². The van der Waals surface area contributed by atoms with Crippen LogP contribution in [0.5, 0.6) is 0 Å².